The van der Waals surface area contributed by atoms with Crippen LogP contribution in [-0.4, -0.2) is 35.1 Å². The standard InChI is InChI=1S/C23H30N2O2S/c1-5-24-23(27)19(4)25(14-20-9-7-6-8-10-20)22(26)16-28-15-21-12-17(2)11-18(3)13-21/h6-13,19H,5,14-16H2,1-4H3,(H,24,27)/t19-/m1/s1. The van der Waals surface area contributed by atoms with Gasteiger partial charge in [-0.1, -0.05) is 59.7 Å². The number of hydrogen-bond donors (Lipinski definition) is 1. The number of carbonyl (C=O) groups is 2. The Bertz CT molecular complexity index is 772. The van der Waals surface area contributed by atoms with Crippen LogP contribution in [0.1, 0.15) is 36.1 Å². The highest BCUT2D eigenvalue weighted by Gasteiger charge is 2.25. The largest absolute Gasteiger partial charge is 0.355 e. The highest BCUT2D eigenvalue weighted by atomic mass is 32.2. The Morgan fingerprint density at radius 3 is 2.29 bits per heavy atom. The van der Waals surface area contributed by atoms with Crippen LogP contribution in [0.2, 0.25) is 0 Å². The van der Waals surface area contributed by atoms with E-state index in [1.807, 2.05) is 37.3 Å². The molecule has 150 valence electrons. The molecule has 0 aliphatic rings. The first kappa shape index (κ1) is 22.0. The Morgan fingerprint density at radius 1 is 1.04 bits per heavy atom. The predicted octanol–water partition coefficient (Wildman–Crippen LogP) is 4.09. The minimum absolute atomic E-state index is 0.0167. The fraction of sp³-hybridized carbons (Fsp3) is 0.391. The van der Waals surface area contributed by atoms with Gasteiger partial charge in [0.25, 0.3) is 0 Å². The van der Waals surface area contributed by atoms with Gasteiger partial charge in [-0.25, -0.2) is 0 Å². The zero-order valence-corrected chi connectivity index (χ0v) is 18.0. The minimum atomic E-state index is -0.505. The van der Waals surface area contributed by atoms with Crippen molar-refractivity contribution in [2.75, 3.05) is 12.3 Å². The fourth-order valence-electron chi connectivity index (χ4n) is 3.18. The van der Waals surface area contributed by atoms with E-state index in [-0.39, 0.29) is 11.8 Å². The minimum Gasteiger partial charge on any atom is -0.355 e. The Labute approximate surface area is 172 Å². The van der Waals surface area contributed by atoms with E-state index in [0.717, 1.165) is 11.3 Å². The number of amides is 2. The lowest BCUT2D eigenvalue weighted by Gasteiger charge is -2.28. The number of aryl methyl sites for hydroxylation is 2. The van der Waals surface area contributed by atoms with Gasteiger partial charge < -0.3 is 10.2 Å². The molecule has 0 radical (unpaired) electrons. The smallest absolute Gasteiger partial charge is 0.242 e. The number of likely N-dealkylation sites (N-methyl/N-ethyl adjacent to an activating group) is 1. The summed E-state index contributed by atoms with van der Waals surface area (Å²) in [6.07, 6.45) is 0. The summed E-state index contributed by atoms with van der Waals surface area (Å²) in [5.41, 5.74) is 4.71. The third-order valence-corrected chi connectivity index (χ3v) is 5.48. The van der Waals surface area contributed by atoms with Gasteiger partial charge in [-0.05, 0) is 38.8 Å². The first-order valence-electron chi connectivity index (χ1n) is 9.66. The number of rotatable bonds is 9. The molecule has 1 atom stereocenters. The van der Waals surface area contributed by atoms with Crippen LogP contribution >= 0.6 is 11.8 Å². The summed E-state index contributed by atoms with van der Waals surface area (Å²) in [6, 6.07) is 15.8. The highest BCUT2D eigenvalue weighted by molar-refractivity contribution is 7.99. The first-order valence-corrected chi connectivity index (χ1v) is 10.8. The van der Waals surface area contributed by atoms with Crippen LogP contribution in [0.4, 0.5) is 0 Å². The average molecular weight is 399 g/mol. The van der Waals surface area contributed by atoms with Crippen molar-refractivity contribution < 1.29 is 9.59 Å². The van der Waals surface area contributed by atoms with E-state index in [9.17, 15) is 9.59 Å². The molecule has 0 aliphatic heterocycles. The van der Waals surface area contributed by atoms with E-state index in [1.165, 1.54) is 16.7 Å². The van der Waals surface area contributed by atoms with E-state index < -0.39 is 6.04 Å². The van der Waals surface area contributed by atoms with E-state index >= 15 is 0 Å². The molecule has 0 saturated carbocycles. The van der Waals surface area contributed by atoms with Crippen LogP contribution in [0, 0.1) is 13.8 Å². The molecule has 2 aromatic carbocycles. The monoisotopic (exact) mass is 398 g/mol. The van der Waals surface area contributed by atoms with Gasteiger partial charge >= 0.3 is 0 Å². The van der Waals surface area contributed by atoms with Crippen LogP contribution in [0.5, 0.6) is 0 Å². The molecule has 0 aliphatic carbocycles. The summed E-state index contributed by atoms with van der Waals surface area (Å²) in [4.78, 5) is 27.0. The molecule has 0 heterocycles. The van der Waals surface area contributed by atoms with Crippen molar-refractivity contribution in [2.24, 2.45) is 0 Å². The molecule has 2 rings (SSSR count). The van der Waals surface area contributed by atoms with Gasteiger partial charge in [-0.3, -0.25) is 9.59 Å². The van der Waals surface area contributed by atoms with Gasteiger partial charge in [0.2, 0.25) is 11.8 Å². The lowest BCUT2D eigenvalue weighted by molar-refractivity contribution is -0.138. The molecular weight excluding hydrogens is 368 g/mol. The Hall–Kier alpha value is -2.27. The van der Waals surface area contributed by atoms with Crippen LogP contribution in [0.25, 0.3) is 0 Å². The normalized spacial score (nSPS) is 11.7. The molecule has 1 N–H and O–H groups in total. The van der Waals surface area contributed by atoms with Crippen molar-refractivity contribution in [3.8, 4) is 0 Å². The number of nitrogens with zero attached hydrogens (tertiary/aromatic N) is 1. The van der Waals surface area contributed by atoms with Crippen LogP contribution in [0.15, 0.2) is 48.5 Å². The van der Waals surface area contributed by atoms with E-state index in [1.54, 1.807) is 23.6 Å². The molecule has 0 spiro atoms. The van der Waals surface area contributed by atoms with Gasteiger partial charge in [0, 0.05) is 18.8 Å². The van der Waals surface area contributed by atoms with Gasteiger partial charge in [-0.15, -0.1) is 11.8 Å². The van der Waals surface area contributed by atoms with E-state index in [2.05, 4.69) is 37.4 Å². The maximum absolute atomic E-state index is 12.9. The van der Waals surface area contributed by atoms with Crippen molar-refractivity contribution in [3.05, 3.63) is 70.8 Å². The summed E-state index contributed by atoms with van der Waals surface area (Å²) < 4.78 is 0. The van der Waals surface area contributed by atoms with Crippen molar-refractivity contribution >= 4 is 23.6 Å². The number of nitrogens with one attached hydrogen (secondary N) is 1. The van der Waals surface area contributed by atoms with Crippen LogP contribution in [0.3, 0.4) is 0 Å². The number of hydrogen-bond acceptors (Lipinski definition) is 3. The summed E-state index contributed by atoms with van der Waals surface area (Å²) in [5.74, 6) is 0.995. The summed E-state index contributed by atoms with van der Waals surface area (Å²) in [5, 5.41) is 2.82. The fourth-order valence-corrected chi connectivity index (χ4v) is 4.02. The third-order valence-electron chi connectivity index (χ3n) is 4.49. The topological polar surface area (TPSA) is 49.4 Å². The van der Waals surface area contributed by atoms with Crippen molar-refractivity contribution in [2.45, 2.75) is 46.0 Å². The highest BCUT2D eigenvalue weighted by Crippen LogP contribution is 2.18. The predicted molar refractivity (Wildman–Crippen MR) is 117 cm³/mol. The van der Waals surface area contributed by atoms with Gasteiger partial charge in [0.05, 0.1) is 5.75 Å². The third kappa shape index (κ3) is 6.71. The Kier molecular flexibility index (Phi) is 8.58. The Morgan fingerprint density at radius 2 is 1.68 bits per heavy atom. The van der Waals surface area contributed by atoms with E-state index in [4.69, 9.17) is 0 Å². The van der Waals surface area contributed by atoms with Gasteiger partial charge in [0.1, 0.15) is 6.04 Å². The molecule has 5 heteroatoms. The molecule has 4 nitrogen and oxygen atoms in total. The second kappa shape index (κ2) is 10.9. The van der Waals surface area contributed by atoms with Gasteiger partial charge in [-0.2, -0.15) is 0 Å². The summed E-state index contributed by atoms with van der Waals surface area (Å²) in [6.45, 7) is 8.83. The molecule has 2 amide bonds. The van der Waals surface area contributed by atoms with Crippen LogP contribution < -0.4 is 5.32 Å². The maximum atomic E-state index is 12.9. The summed E-state index contributed by atoms with van der Waals surface area (Å²) >= 11 is 1.59. The van der Waals surface area contributed by atoms with Crippen molar-refractivity contribution in [1.29, 1.82) is 0 Å². The molecule has 0 bridgehead atoms. The number of thioether (sulfide) groups is 1. The summed E-state index contributed by atoms with van der Waals surface area (Å²) in [7, 11) is 0. The van der Waals surface area contributed by atoms with Gasteiger partial charge in [0.15, 0.2) is 0 Å². The van der Waals surface area contributed by atoms with Crippen LogP contribution in [-0.2, 0) is 21.9 Å². The SMILES string of the molecule is CCNC(=O)[C@@H](C)N(Cc1ccccc1)C(=O)CSCc1cc(C)cc(C)c1. The number of carbonyl (C=O) groups excluding carboxylic acids is 2. The molecule has 0 fully saturated rings. The average Bonchev–Trinajstić information content (AvgIpc) is 2.65. The maximum Gasteiger partial charge on any atom is 0.242 e. The molecule has 0 saturated heterocycles. The number of benzene rings is 2. The quantitative estimate of drug-likeness (QED) is 0.692. The van der Waals surface area contributed by atoms with E-state index in [0.29, 0.717) is 18.8 Å². The van der Waals surface area contributed by atoms with Crippen molar-refractivity contribution in [3.63, 3.8) is 0 Å². The molecule has 0 aromatic heterocycles. The molecule has 0 unspecified atom stereocenters. The lowest BCUT2D eigenvalue weighted by Crippen LogP contribution is -2.48. The second-order valence-corrected chi connectivity index (χ2v) is 8.05. The zero-order chi connectivity index (χ0) is 20.5. The zero-order valence-electron chi connectivity index (χ0n) is 17.2. The molecule has 28 heavy (non-hydrogen) atoms. The lowest BCUT2D eigenvalue weighted by atomic mass is 10.1. The van der Waals surface area contributed by atoms with Crippen molar-refractivity contribution in [1.82, 2.24) is 10.2 Å². The Balaban J connectivity index is 2.03. The second-order valence-electron chi connectivity index (χ2n) is 7.07. The molecular formula is C23H30N2O2S. The molecule has 2 aromatic rings. The first-order chi connectivity index (χ1) is 13.4.